The number of aromatic nitrogens is 2. The average Bonchev–Trinajstić information content (AvgIpc) is 3.10. The van der Waals surface area contributed by atoms with Crippen LogP contribution in [0.15, 0.2) is 28.8 Å². The standard InChI is InChI=1S/C18H23ClN4O2/c1-3-13(2)18(24)23-10-8-22(9-11-23)12-16-20-17(21-25-16)14-4-6-15(19)7-5-14/h4-7,13H,3,8-12H2,1-2H3/t13-/m1/s1. The Balaban J connectivity index is 1.54. The molecular weight excluding hydrogens is 340 g/mol. The molecule has 6 nitrogen and oxygen atoms in total. The number of halogens is 1. The third-order valence-electron chi connectivity index (χ3n) is 4.65. The lowest BCUT2D eigenvalue weighted by Crippen LogP contribution is -2.49. The third-order valence-corrected chi connectivity index (χ3v) is 4.90. The fraction of sp³-hybridized carbons (Fsp3) is 0.500. The lowest BCUT2D eigenvalue weighted by atomic mass is 10.1. The Morgan fingerprint density at radius 3 is 2.56 bits per heavy atom. The molecule has 0 N–H and O–H groups in total. The monoisotopic (exact) mass is 362 g/mol. The second-order valence-electron chi connectivity index (χ2n) is 6.43. The van der Waals surface area contributed by atoms with Gasteiger partial charge in [0, 0.05) is 42.7 Å². The zero-order valence-electron chi connectivity index (χ0n) is 14.6. The van der Waals surface area contributed by atoms with Gasteiger partial charge in [-0.05, 0) is 30.7 Å². The lowest BCUT2D eigenvalue weighted by molar-refractivity contribution is -0.136. The van der Waals surface area contributed by atoms with E-state index in [-0.39, 0.29) is 11.8 Å². The van der Waals surface area contributed by atoms with Crippen LogP contribution in [-0.2, 0) is 11.3 Å². The quantitative estimate of drug-likeness (QED) is 0.817. The minimum atomic E-state index is 0.101. The SMILES string of the molecule is CC[C@@H](C)C(=O)N1CCN(Cc2nc(-c3ccc(Cl)cc3)no2)CC1. The molecule has 0 saturated carbocycles. The van der Waals surface area contributed by atoms with Gasteiger partial charge in [-0.1, -0.05) is 30.6 Å². The number of hydrogen-bond donors (Lipinski definition) is 0. The molecule has 1 saturated heterocycles. The summed E-state index contributed by atoms with van der Waals surface area (Å²) in [6, 6.07) is 7.35. The lowest BCUT2D eigenvalue weighted by Gasteiger charge is -2.35. The summed E-state index contributed by atoms with van der Waals surface area (Å²) >= 11 is 5.90. The molecule has 0 radical (unpaired) electrons. The van der Waals surface area contributed by atoms with Gasteiger partial charge in [-0.3, -0.25) is 9.69 Å². The van der Waals surface area contributed by atoms with Gasteiger partial charge in [0.15, 0.2) is 0 Å². The Hall–Kier alpha value is -1.92. The molecule has 0 spiro atoms. The van der Waals surface area contributed by atoms with Gasteiger partial charge < -0.3 is 9.42 Å². The molecule has 25 heavy (non-hydrogen) atoms. The van der Waals surface area contributed by atoms with Crippen molar-refractivity contribution in [1.29, 1.82) is 0 Å². The maximum atomic E-state index is 12.2. The highest BCUT2D eigenvalue weighted by molar-refractivity contribution is 6.30. The summed E-state index contributed by atoms with van der Waals surface area (Å²) < 4.78 is 5.37. The van der Waals surface area contributed by atoms with E-state index in [1.165, 1.54) is 0 Å². The molecule has 1 atom stereocenters. The van der Waals surface area contributed by atoms with E-state index in [0.29, 0.717) is 23.3 Å². The largest absolute Gasteiger partial charge is 0.340 e. The number of hydrogen-bond acceptors (Lipinski definition) is 5. The molecule has 2 heterocycles. The second kappa shape index (κ2) is 7.97. The van der Waals surface area contributed by atoms with Gasteiger partial charge in [-0.2, -0.15) is 4.98 Å². The van der Waals surface area contributed by atoms with Gasteiger partial charge in [-0.25, -0.2) is 0 Å². The predicted molar refractivity (Wildman–Crippen MR) is 96.1 cm³/mol. The average molecular weight is 363 g/mol. The van der Waals surface area contributed by atoms with Crippen molar-refractivity contribution in [3.05, 3.63) is 35.2 Å². The summed E-state index contributed by atoms with van der Waals surface area (Å²) in [7, 11) is 0. The number of carbonyl (C=O) groups excluding carboxylic acids is 1. The van der Waals surface area contributed by atoms with E-state index in [9.17, 15) is 4.79 Å². The Kier molecular flexibility index (Phi) is 5.71. The molecule has 1 amide bonds. The summed E-state index contributed by atoms with van der Waals surface area (Å²) in [5.74, 6) is 1.51. The highest BCUT2D eigenvalue weighted by Crippen LogP contribution is 2.19. The van der Waals surface area contributed by atoms with Crippen LogP contribution in [0.1, 0.15) is 26.2 Å². The molecule has 0 unspecified atom stereocenters. The van der Waals surface area contributed by atoms with Crippen LogP contribution in [0.5, 0.6) is 0 Å². The Bertz CT molecular complexity index is 708. The van der Waals surface area contributed by atoms with Gasteiger partial charge >= 0.3 is 0 Å². The maximum Gasteiger partial charge on any atom is 0.241 e. The Morgan fingerprint density at radius 1 is 1.24 bits per heavy atom. The fourth-order valence-electron chi connectivity index (χ4n) is 2.84. The van der Waals surface area contributed by atoms with Crippen molar-refractivity contribution in [3.63, 3.8) is 0 Å². The van der Waals surface area contributed by atoms with Crippen molar-refractivity contribution in [3.8, 4) is 11.4 Å². The molecule has 134 valence electrons. The number of carbonyl (C=O) groups is 1. The number of piperazine rings is 1. The zero-order valence-corrected chi connectivity index (χ0v) is 15.4. The first kappa shape index (κ1) is 17.9. The summed E-state index contributed by atoms with van der Waals surface area (Å²) in [6.45, 7) is 7.79. The van der Waals surface area contributed by atoms with E-state index in [1.807, 2.05) is 30.9 Å². The Morgan fingerprint density at radius 2 is 1.92 bits per heavy atom. The fourth-order valence-corrected chi connectivity index (χ4v) is 2.97. The molecular formula is C18H23ClN4O2. The number of rotatable bonds is 5. The first-order chi connectivity index (χ1) is 12.1. The molecule has 2 aromatic rings. The minimum absolute atomic E-state index is 0.101. The highest BCUT2D eigenvalue weighted by Gasteiger charge is 2.25. The van der Waals surface area contributed by atoms with Gasteiger partial charge in [-0.15, -0.1) is 0 Å². The van der Waals surface area contributed by atoms with Crippen molar-refractivity contribution >= 4 is 17.5 Å². The van der Waals surface area contributed by atoms with E-state index in [0.717, 1.165) is 38.2 Å². The van der Waals surface area contributed by atoms with Crippen molar-refractivity contribution in [2.45, 2.75) is 26.8 Å². The molecule has 1 aliphatic rings. The molecule has 7 heteroatoms. The summed E-state index contributed by atoms with van der Waals surface area (Å²) in [4.78, 5) is 20.9. The van der Waals surface area contributed by atoms with E-state index < -0.39 is 0 Å². The number of amides is 1. The van der Waals surface area contributed by atoms with Crippen LogP contribution >= 0.6 is 11.6 Å². The highest BCUT2D eigenvalue weighted by atomic mass is 35.5. The van der Waals surface area contributed by atoms with Gasteiger partial charge in [0.1, 0.15) is 0 Å². The van der Waals surface area contributed by atoms with Crippen LogP contribution in [0.2, 0.25) is 5.02 Å². The third kappa shape index (κ3) is 4.38. The topological polar surface area (TPSA) is 62.5 Å². The normalized spacial score (nSPS) is 16.8. The molecule has 0 bridgehead atoms. The minimum Gasteiger partial charge on any atom is -0.340 e. The first-order valence-electron chi connectivity index (χ1n) is 8.66. The first-order valence-corrected chi connectivity index (χ1v) is 9.04. The van der Waals surface area contributed by atoms with Gasteiger partial charge in [0.05, 0.1) is 6.54 Å². The van der Waals surface area contributed by atoms with E-state index in [1.54, 1.807) is 12.1 Å². The van der Waals surface area contributed by atoms with Crippen LogP contribution < -0.4 is 0 Å². The van der Waals surface area contributed by atoms with Crippen molar-refractivity contribution in [1.82, 2.24) is 19.9 Å². The smallest absolute Gasteiger partial charge is 0.241 e. The van der Waals surface area contributed by atoms with Crippen LogP contribution in [0.4, 0.5) is 0 Å². The molecule has 1 aromatic heterocycles. The summed E-state index contributed by atoms with van der Waals surface area (Å²) in [6.07, 6.45) is 0.883. The number of nitrogens with zero attached hydrogens (tertiary/aromatic N) is 4. The predicted octanol–water partition coefficient (Wildman–Crippen LogP) is 3.08. The van der Waals surface area contributed by atoms with Crippen LogP contribution in [0.3, 0.4) is 0 Å². The van der Waals surface area contributed by atoms with Gasteiger partial charge in [0.2, 0.25) is 17.6 Å². The van der Waals surface area contributed by atoms with Crippen molar-refractivity contribution in [2.75, 3.05) is 26.2 Å². The molecule has 1 aliphatic heterocycles. The molecule has 1 fully saturated rings. The molecule has 1 aromatic carbocycles. The van der Waals surface area contributed by atoms with Gasteiger partial charge in [0.25, 0.3) is 0 Å². The van der Waals surface area contributed by atoms with E-state index >= 15 is 0 Å². The van der Waals surface area contributed by atoms with Crippen LogP contribution in [0, 0.1) is 5.92 Å². The maximum absolute atomic E-state index is 12.2. The second-order valence-corrected chi connectivity index (χ2v) is 6.87. The van der Waals surface area contributed by atoms with E-state index in [4.69, 9.17) is 16.1 Å². The van der Waals surface area contributed by atoms with Crippen LogP contribution in [0.25, 0.3) is 11.4 Å². The molecule has 0 aliphatic carbocycles. The Labute approximate surface area is 152 Å². The zero-order chi connectivity index (χ0) is 17.8. The van der Waals surface area contributed by atoms with E-state index in [2.05, 4.69) is 15.0 Å². The van der Waals surface area contributed by atoms with Crippen molar-refractivity contribution in [2.24, 2.45) is 5.92 Å². The molecule has 3 rings (SSSR count). The van der Waals surface area contributed by atoms with Crippen LogP contribution in [-0.4, -0.2) is 52.0 Å². The summed E-state index contributed by atoms with van der Waals surface area (Å²) in [5.41, 5.74) is 0.878. The summed E-state index contributed by atoms with van der Waals surface area (Å²) in [5, 5.41) is 4.72. The van der Waals surface area contributed by atoms with Crippen molar-refractivity contribution < 1.29 is 9.32 Å². The number of benzene rings is 1.